The molecular weight excluding hydrogens is 538 g/mol. The number of nitrogens with one attached hydrogen (secondary N) is 2. The van der Waals surface area contributed by atoms with Crippen molar-refractivity contribution in [3.63, 3.8) is 0 Å². The van der Waals surface area contributed by atoms with Crippen molar-refractivity contribution in [3.05, 3.63) is 58.9 Å². The quantitative estimate of drug-likeness (QED) is 0.314. The predicted molar refractivity (Wildman–Crippen MR) is 172 cm³/mol. The van der Waals surface area contributed by atoms with Gasteiger partial charge in [0.15, 0.2) is 0 Å². The van der Waals surface area contributed by atoms with Crippen LogP contribution in [0.5, 0.6) is 0 Å². The lowest BCUT2D eigenvalue weighted by Crippen LogP contribution is -2.44. The van der Waals surface area contributed by atoms with Crippen LogP contribution >= 0.6 is 0 Å². The molecular formula is C34H43N7O2. The van der Waals surface area contributed by atoms with Gasteiger partial charge in [0.2, 0.25) is 0 Å². The number of carbonyl (C=O) groups excluding carboxylic acids is 1. The van der Waals surface area contributed by atoms with Crippen LogP contribution in [0.2, 0.25) is 0 Å². The third-order valence-corrected chi connectivity index (χ3v) is 9.22. The lowest BCUT2D eigenvalue weighted by Gasteiger charge is -2.32. The topological polar surface area (TPSA) is 79.6 Å². The molecule has 1 amide bonds. The molecule has 4 aromatic rings. The largest absolute Gasteiger partial charge is 0.348 e. The summed E-state index contributed by atoms with van der Waals surface area (Å²) in [6.45, 7) is 17.4. The highest BCUT2D eigenvalue weighted by molar-refractivity contribution is 6.19. The van der Waals surface area contributed by atoms with E-state index in [1.54, 1.807) is 0 Å². The Bertz CT molecular complexity index is 1770. The summed E-state index contributed by atoms with van der Waals surface area (Å²) in [5.74, 6) is 0.0154. The molecule has 4 heterocycles. The highest BCUT2D eigenvalue weighted by Gasteiger charge is 2.35. The molecule has 9 heteroatoms. The molecule has 0 radical (unpaired) electrons. The van der Waals surface area contributed by atoms with E-state index in [1.165, 1.54) is 27.4 Å². The second-order valence-electron chi connectivity index (χ2n) is 13.5. The van der Waals surface area contributed by atoms with E-state index in [-0.39, 0.29) is 11.5 Å². The molecule has 1 aliphatic carbocycles. The Morgan fingerprint density at radius 2 is 1.86 bits per heavy atom. The van der Waals surface area contributed by atoms with Crippen molar-refractivity contribution in [1.82, 2.24) is 34.9 Å². The van der Waals surface area contributed by atoms with Crippen LogP contribution in [0.15, 0.2) is 31.0 Å². The van der Waals surface area contributed by atoms with Crippen LogP contribution < -0.4 is 10.8 Å². The van der Waals surface area contributed by atoms with Crippen molar-refractivity contribution in [1.29, 1.82) is 0 Å². The molecule has 1 fully saturated rings. The van der Waals surface area contributed by atoms with Gasteiger partial charge < -0.3 is 19.7 Å². The van der Waals surface area contributed by atoms with E-state index in [2.05, 4.69) is 63.2 Å². The second-order valence-corrected chi connectivity index (χ2v) is 13.5. The van der Waals surface area contributed by atoms with Gasteiger partial charge in [-0.15, -0.1) is 0 Å². The van der Waals surface area contributed by atoms with E-state index in [0.717, 1.165) is 97.7 Å². The summed E-state index contributed by atoms with van der Waals surface area (Å²) in [7, 11) is 4.18. The van der Waals surface area contributed by atoms with Crippen LogP contribution in [-0.4, -0.2) is 75.4 Å². The average Bonchev–Trinajstić information content (AvgIpc) is 3.64. The molecule has 7 rings (SSSR count). The standard InChI is InChI=1S/C34H43N7O2/c1-21(37-43-34(2,3)4)22-8-11-28-24(18-22)30-25-19-35-33(42)31(25)29-23(9-10-27-26(29)20-39(6)36-27)32(30)41(28)13-7-12-40-16-14-38(5)15-17-40/h8,11,18,20,37H,1,7,9-10,12-17,19H2,2-6H3,(H,35,42). The highest BCUT2D eigenvalue weighted by Crippen LogP contribution is 2.47. The zero-order chi connectivity index (χ0) is 30.0. The molecule has 3 aliphatic rings. The number of hydrogen-bond donors (Lipinski definition) is 2. The summed E-state index contributed by atoms with van der Waals surface area (Å²) in [4.78, 5) is 24.3. The van der Waals surface area contributed by atoms with E-state index < -0.39 is 0 Å². The van der Waals surface area contributed by atoms with E-state index in [1.807, 2.05) is 32.5 Å². The lowest BCUT2D eigenvalue weighted by atomic mass is 9.82. The fraction of sp³-hybridized carbons (Fsp3) is 0.471. The van der Waals surface area contributed by atoms with Gasteiger partial charge in [-0.05, 0) is 76.9 Å². The number of carbonyl (C=O) groups is 1. The zero-order valence-electron chi connectivity index (χ0n) is 26.1. The first-order valence-electron chi connectivity index (χ1n) is 15.6. The number of benzene rings is 2. The van der Waals surface area contributed by atoms with Crippen molar-refractivity contribution in [2.75, 3.05) is 39.8 Å². The van der Waals surface area contributed by atoms with Gasteiger partial charge in [-0.2, -0.15) is 5.10 Å². The summed E-state index contributed by atoms with van der Waals surface area (Å²) in [5, 5.41) is 10.3. The minimum absolute atomic E-state index is 0.0154. The minimum atomic E-state index is -0.343. The zero-order valence-corrected chi connectivity index (χ0v) is 26.1. The van der Waals surface area contributed by atoms with Gasteiger partial charge in [0.05, 0.1) is 28.1 Å². The summed E-state index contributed by atoms with van der Waals surface area (Å²) < 4.78 is 4.43. The van der Waals surface area contributed by atoms with Crippen LogP contribution in [0.1, 0.15) is 59.9 Å². The third-order valence-electron chi connectivity index (χ3n) is 9.22. The average molecular weight is 582 g/mol. The number of aryl methyl sites for hydroxylation is 4. The molecule has 43 heavy (non-hydrogen) atoms. The van der Waals surface area contributed by atoms with E-state index in [9.17, 15) is 4.79 Å². The van der Waals surface area contributed by atoms with Crippen LogP contribution in [0.3, 0.4) is 0 Å². The maximum absolute atomic E-state index is 13.5. The number of hydrogen-bond acceptors (Lipinski definition) is 6. The normalized spacial score (nSPS) is 17.3. The van der Waals surface area contributed by atoms with Crippen LogP contribution in [0.4, 0.5) is 0 Å². The Hall–Kier alpha value is -3.66. The Morgan fingerprint density at radius 1 is 1.07 bits per heavy atom. The number of amides is 1. The number of likely N-dealkylation sites (N-methyl/N-ethyl adjacent to an activating group) is 1. The first-order valence-corrected chi connectivity index (χ1v) is 15.6. The lowest BCUT2D eigenvalue weighted by molar-refractivity contribution is -0.0469. The number of rotatable bonds is 7. The number of aromatic nitrogens is 3. The first kappa shape index (κ1) is 28.1. The van der Waals surface area contributed by atoms with E-state index in [0.29, 0.717) is 6.54 Å². The van der Waals surface area contributed by atoms with Crippen molar-refractivity contribution in [2.45, 2.75) is 58.7 Å². The number of fused-ring (bicyclic) bond motifs is 10. The Labute approximate surface area is 253 Å². The molecule has 2 aromatic carbocycles. The van der Waals surface area contributed by atoms with Crippen molar-refractivity contribution >= 4 is 33.4 Å². The van der Waals surface area contributed by atoms with Gasteiger partial charge in [-0.1, -0.05) is 12.6 Å². The molecule has 1 saturated heterocycles. The van der Waals surface area contributed by atoms with Gasteiger partial charge in [0.25, 0.3) is 5.91 Å². The molecule has 9 nitrogen and oxygen atoms in total. The Balaban J connectivity index is 1.39. The summed E-state index contributed by atoms with van der Waals surface area (Å²) in [5.41, 5.74) is 13.4. The maximum atomic E-state index is 13.5. The Kier molecular flexibility index (Phi) is 6.87. The van der Waals surface area contributed by atoms with Crippen LogP contribution in [-0.2, 0) is 37.8 Å². The summed E-state index contributed by atoms with van der Waals surface area (Å²) in [6.07, 6.45) is 4.90. The fourth-order valence-corrected chi connectivity index (χ4v) is 7.13. The molecule has 226 valence electrons. The van der Waals surface area contributed by atoms with E-state index >= 15 is 0 Å². The second kappa shape index (κ2) is 10.5. The Morgan fingerprint density at radius 3 is 2.63 bits per heavy atom. The predicted octanol–water partition coefficient (Wildman–Crippen LogP) is 4.46. The first-order chi connectivity index (χ1) is 20.6. The SMILES string of the molecule is C=C(NOC(C)(C)C)c1ccc2c(c1)c1c3c(c4c(c1n2CCCN1CCN(C)CC1)CCc1nn(C)cc1-4)C(=O)NC3. The monoisotopic (exact) mass is 581 g/mol. The van der Waals surface area contributed by atoms with Gasteiger partial charge in [-0.25, -0.2) is 0 Å². The summed E-state index contributed by atoms with van der Waals surface area (Å²) >= 11 is 0. The number of piperazine rings is 1. The molecule has 0 spiro atoms. The van der Waals surface area contributed by atoms with E-state index in [4.69, 9.17) is 9.94 Å². The molecule has 0 atom stereocenters. The maximum Gasteiger partial charge on any atom is 0.252 e. The van der Waals surface area contributed by atoms with Gasteiger partial charge in [-0.3, -0.25) is 19.8 Å². The van der Waals surface area contributed by atoms with Crippen molar-refractivity contribution in [3.8, 4) is 11.1 Å². The highest BCUT2D eigenvalue weighted by atomic mass is 16.7. The smallest absolute Gasteiger partial charge is 0.252 e. The van der Waals surface area contributed by atoms with Crippen LogP contribution in [0.25, 0.3) is 38.6 Å². The van der Waals surface area contributed by atoms with Gasteiger partial charge in [0.1, 0.15) is 0 Å². The molecule has 0 saturated carbocycles. The van der Waals surface area contributed by atoms with Crippen molar-refractivity contribution in [2.24, 2.45) is 7.05 Å². The summed E-state index contributed by atoms with van der Waals surface area (Å²) in [6, 6.07) is 6.59. The molecule has 2 N–H and O–H groups in total. The van der Waals surface area contributed by atoms with Gasteiger partial charge in [0, 0.05) is 85.5 Å². The van der Waals surface area contributed by atoms with Gasteiger partial charge >= 0.3 is 0 Å². The number of nitrogens with zero attached hydrogens (tertiary/aromatic N) is 5. The molecule has 0 bridgehead atoms. The van der Waals surface area contributed by atoms with Crippen molar-refractivity contribution < 1.29 is 9.63 Å². The molecule has 0 unspecified atom stereocenters. The third kappa shape index (κ3) is 4.93. The molecule has 2 aromatic heterocycles. The molecule has 2 aliphatic heterocycles. The van der Waals surface area contributed by atoms with Crippen LogP contribution in [0, 0.1) is 0 Å². The number of hydroxylamine groups is 1. The fourth-order valence-electron chi connectivity index (χ4n) is 7.13. The minimum Gasteiger partial charge on any atom is -0.348 e.